The number of hydrogen-bond donors (Lipinski definition) is 0. The van der Waals surface area contributed by atoms with Crippen LogP contribution in [0.2, 0.25) is 0 Å². The Labute approximate surface area is 127 Å². The Kier molecular flexibility index (Phi) is 5.38. The lowest BCUT2D eigenvalue weighted by molar-refractivity contribution is -0.136. The van der Waals surface area contributed by atoms with Crippen LogP contribution >= 0.6 is 11.8 Å². The molecule has 0 heterocycles. The van der Waals surface area contributed by atoms with E-state index in [-0.39, 0.29) is 18.4 Å². The van der Waals surface area contributed by atoms with Gasteiger partial charge in [0.05, 0.1) is 11.9 Å². The summed E-state index contributed by atoms with van der Waals surface area (Å²) < 4.78 is 4.76. The van der Waals surface area contributed by atoms with Crippen molar-refractivity contribution >= 4 is 29.2 Å². The first-order valence-corrected chi connectivity index (χ1v) is 7.63. The number of Topliss-reactive ketones (excluding diaryl/α,β-unsaturated/α-hetero) is 1. The van der Waals surface area contributed by atoms with Crippen molar-refractivity contribution in [3.63, 3.8) is 0 Å². The molecule has 1 aliphatic rings. The fraction of sp³-hybridized carbons (Fsp3) is 0.400. The molecule has 1 fully saturated rings. The second-order valence-corrected chi connectivity index (χ2v) is 5.88. The normalized spacial score (nSPS) is 20.8. The van der Waals surface area contributed by atoms with E-state index >= 15 is 0 Å². The van der Waals surface area contributed by atoms with Gasteiger partial charge in [0.25, 0.3) is 0 Å². The van der Waals surface area contributed by atoms with Gasteiger partial charge in [-0.3, -0.25) is 4.79 Å². The Bertz CT molecular complexity index is 544. The summed E-state index contributed by atoms with van der Waals surface area (Å²) in [6, 6.07) is 9.99. The van der Waals surface area contributed by atoms with Crippen molar-refractivity contribution in [2.24, 2.45) is 5.16 Å². The molecule has 1 aliphatic carbocycles. The highest BCUT2D eigenvalue weighted by atomic mass is 32.2. The number of carbonyl (C=O) groups is 2. The van der Waals surface area contributed by atoms with Crippen LogP contribution in [0.25, 0.3) is 0 Å². The van der Waals surface area contributed by atoms with E-state index < -0.39 is 11.8 Å². The van der Waals surface area contributed by atoms with E-state index in [9.17, 15) is 9.59 Å². The summed E-state index contributed by atoms with van der Waals surface area (Å²) in [5.41, 5.74) is -0.285. The molecule has 0 aromatic heterocycles. The standard InChI is InChI=1S/C15H17NO4S/c1-3-19-15(18)14(10(2)17)16-20-12-9-13(12)21-11-7-5-4-6-8-11/h4-8,12-13H,3,9H2,1-2H3/b16-14-. The summed E-state index contributed by atoms with van der Waals surface area (Å²) in [6.45, 7) is 3.13. The van der Waals surface area contributed by atoms with Gasteiger partial charge in [0, 0.05) is 18.2 Å². The van der Waals surface area contributed by atoms with Crippen LogP contribution in [0.1, 0.15) is 20.3 Å². The lowest BCUT2D eigenvalue weighted by Crippen LogP contribution is -2.25. The molecule has 21 heavy (non-hydrogen) atoms. The van der Waals surface area contributed by atoms with Crippen LogP contribution in [0.4, 0.5) is 0 Å². The van der Waals surface area contributed by atoms with Gasteiger partial charge in [-0.1, -0.05) is 23.4 Å². The van der Waals surface area contributed by atoms with Crippen molar-refractivity contribution in [2.45, 2.75) is 36.5 Å². The molecule has 5 nitrogen and oxygen atoms in total. The molecule has 1 saturated carbocycles. The van der Waals surface area contributed by atoms with E-state index in [4.69, 9.17) is 9.57 Å². The Morgan fingerprint density at radius 2 is 2.05 bits per heavy atom. The number of oxime groups is 1. The number of thioether (sulfide) groups is 1. The van der Waals surface area contributed by atoms with Crippen LogP contribution in [-0.2, 0) is 19.2 Å². The van der Waals surface area contributed by atoms with Crippen molar-refractivity contribution in [3.8, 4) is 0 Å². The zero-order valence-corrected chi connectivity index (χ0v) is 12.8. The number of rotatable bonds is 7. The smallest absolute Gasteiger partial charge is 0.364 e. The van der Waals surface area contributed by atoms with Crippen molar-refractivity contribution in [1.82, 2.24) is 0 Å². The molecular weight excluding hydrogens is 290 g/mol. The molecule has 2 unspecified atom stereocenters. The van der Waals surface area contributed by atoms with Crippen molar-refractivity contribution in [1.29, 1.82) is 0 Å². The fourth-order valence-corrected chi connectivity index (χ4v) is 2.78. The summed E-state index contributed by atoms with van der Waals surface area (Å²) in [4.78, 5) is 29.3. The second-order valence-electron chi connectivity index (χ2n) is 4.57. The van der Waals surface area contributed by atoms with Crippen LogP contribution in [0, 0.1) is 0 Å². The van der Waals surface area contributed by atoms with Crippen LogP contribution in [0.3, 0.4) is 0 Å². The maximum absolute atomic E-state index is 11.5. The van der Waals surface area contributed by atoms with Crippen molar-refractivity contribution < 1.29 is 19.2 Å². The van der Waals surface area contributed by atoms with Gasteiger partial charge in [-0.05, 0) is 19.1 Å². The van der Waals surface area contributed by atoms with Gasteiger partial charge in [0.15, 0.2) is 5.78 Å². The number of benzene rings is 1. The SMILES string of the molecule is CCOC(=O)/C(=N\OC1CC1Sc1ccccc1)C(C)=O. The number of hydrogen-bond acceptors (Lipinski definition) is 6. The van der Waals surface area contributed by atoms with Crippen molar-refractivity contribution in [3.05, 3.63) is 30.3 Å². The lowest BCUT2D eigenvalue weighted by atomic mass is 10.3. The topological polar surface area (TPSA) is 65.0 Å². The quantitative estimate of drug-likeness (QED) is 0.335. The van der Waals surface area contributed by atoms with Gasteiger partial charge in [0.1, 0.15) is 6.10 Å². The fourth-order valence-electron chi connectivity index (χ4n) is 1.62. The third kappa shape index (κ3) is 4.60. The molecule has 0 N–H and O–H groups in total. The zero-order valence-electron chi connectivity index (χ0n) is 11.9. The Balaban J connectivity index is 1.86. The van der Waals surface area contributed by atoms with Crippen LogP contribution in [0.5, 0.6) is 0 Å². The van der Waals surface area contributed by atoms with E-state index in [1.54, 1.807) is 18.7 Å². The van der Waals surface area contributed by atoms with E-state index in [0.29, 0.717) is 5.25 Å². The van der Waals surface area contributed by atoms with Gasteiger partial charge in [-0.15, -0.1) is 11.8 Å². The molecule has 0 amide bonds. The summed E-state index contributed by atoms with van der Waals surface area (Å²) in [5.74, 6) is -1.20. The second kappa shape index (κ2) is 7.26. The number of esters is 1. The summed E-state index contributed by atoms with van der Waals surface area (Å²) in [6.07, 6.45) is 0.774. The lowest BCUT2D eigenvalue weighted by Gasteiger charge is -2.03. The average molecular weight is 307 g/mol. The molecule has 0 aliphatic heterocycles. The number of nitrogens with zero attached hydrogens (tertiary/aromatic N) is 1. The Morgan fingerprint density at radius 3 is 2.67 bits per heavy atom. The third-order valence-corrected chi connectivity index (χ3v) is 4.13. The van der Waals surface area contributed by atoms with Crippen LogP contribution in [0.15, 0.2) is 40.4 Å². The third-order valence-electron chi connectivity index (χ3n) is 2.79. The molecule has 0 bridgehead atoms. The van der Waals surface area contributed by atoms with Gasteiger partial charge >= 0.3 is 5.97 Å². The molecule has 1 aromatic rings. The first-order chi connectivity index (χ1) is 10.1. The minimum atomic E-state index is -0.738. The van der Waals surface area contributed by atoms with Gasteiger partial charge < -0.3 is 9.57 Å². The van der Waals surface area contributed by atoms with E-state index in [2.05, 4.69) is 5.16 Å². The molecule has 112 valence electrons. The van der Waals surface area contributed by atoms with Gasteiger partial charge in [0.2, 0.25) is 5.71 Å². The molecular formula is C15H17NO4S. The first-order valence-electron chi connectivity index (χ1n) is 6.75. The molecule has 2 rings (SSSR count). The maximum atomic E-state index is 11.5. The minimum Gasteiger partial charge on any atom is -0.461 e. The predicted molar refractivity (Wildman–Crippen MR) is 80.3 cm³/mol. The Morgan fingerprint density at radius 1 is 1.33 bits per heavy atom. The maximum Gasteiger partial charge on any atom is 0.364 e. The molecule has 1 aromatic carbocycles. The Hall–Kier alpha value is -1.82. The van der Waals surface area contributed by atoms with Gasteiger partial charge in [-0.25, -0.2) is 4.79 Å². The highest BCUT2D eigenvalue weighted by Crippen LogP contribution is 2.41. The van der Waals surface area contributed by atoms with Crippen LogP contribution in [-0.4, -0.2) is 35.4 Å². The molecule has 0 radical (unpaired) electrons. The molecule has 6 heteroatoms. The largest absolute Gasteiger partial charge is 0.461 e. The van der Waals surface area contributed by atoms with E-state index in [1.165, 1.54) is 6.92 Å². The highest BCUT2D eigenvalue weighted by Gasteiger charge is 2.41. The van der Waals surface area contributed by atoms with Crippen molar-refractivity contribution in [2.75, 3.05) is 6.61 Å². The number of ether oxygens (including phenoxy) is 1. The summed E-state index contributed by atoms with van der Waals surface area (Å²) in [7, 11) is 0. The average Bonchev–Trinajstić information content (AvgIpc) is 3.18. The van der Waals surface area contributed by atoms with E-state index in [0.717, 1.165) is 11.3 Å². The first kappa shape index (κ1) is 15.6. The van der Waals surface area contributed by atoms with Gasteiger partial charge in [-0.2, -0.15) is 0 Å². The summed E-state index contributed by atoms with van der Waals surface area (Å²) >= 11 is 1.70. The van der Waals surface area contributed by atoms with Crippen LogP contribution < -0.4 is 0 Å². The summed E-state index contributed by atoms with van der Waals surface area (Å²) in [5, 5.41) is 3.97. The molecule has 0 spiro atoms. The molecule has 0 saturated heterocycles. The highest BCUT2D eigenvalue weighted by molar-refractivity contribution is 8.00. The minimum absolute atomic E-state index is 0.0704. The molecule has 2 atom stereocenters. The number of ketones is 1. The zero-order chi connectivity index (χ0) is 15.2. The predicted octanol–water partition coefficient (Wildman–Crippen LogP) is 2.44. The number of carbonyl (C=O) groups excluding carboxylic acids is 2. The van der Waals surface area contributed by atoms with E-state index in [1.807, 2.05) is 30.3 Å². The monoisotopic (exact) mass is 307 g/mol.